The number of rotatable bonds is 4. The van der Waals surface area contributed by atoms with Crippen LogP contribution in [-0.4, -0.2) is 11.5 Å². The Morgan fingerprint density at radius 3 is 2.56 bits per heavy atom. The maximum atomic E-state index is 4.60. The average molecular weight is 232 g/mol. The monoisotopic (exact) mass is 232 g/mol. The molecule has 0 aliphatic carbocycles. The molecule has 0 bridgehead atoms. The van der Waals surface area contributed by atoms with E-state index in [0.29, 0.717) is 0 Å². The summed E-state index contributed by atoms with van der Waals surface area (Å²) in [7, 11) is 0. The first kappa shape index (κ1) is 11.1. The fourth-order valence-electron chi connectivity index (χ4n) is 1.63. The van der Waals surface area contributed by atoms with Crippen molar-refractivity contribution in [3.8, 4) is 10.4 Å². The smallest absolute Gasteiger partial charge is 0.183 e. The van der Waals surface area contributed by atoms with E-state index in [1.54, 1.807) is 11.3 Å². The lowest BCUT2D eigenvalue weighted by atomic mass is 10.1. The van der Waals surface area contributed by atoms with E-state index >= 15 is 0 Å². The predicted octanol–water partition coefficient (Wildman–Crippen LogP) is 3.80. The van der Waals surface area contributed by atoms with Crippen LogP contribution in [0.4, 0.5) is 5.13 Å². The highest BCUT2D eigenvalue weighted by Gasteiger charge is 2.10. The second-order valence-corrected chi connectivity index (χ2v) is 4.54. The van der Waals surface area contributed by atoms with E-state index in [-0.39, 0.29) is 0 Å². The summed E-state index contributed by atoms with van der Waals surface area (Å²) in [5.41, 5.74) is 2.45. The third-order valence-corrected chi connectivity index (χ3v) is 3.50. The zero-order valence-corrected chi connectivity index (χ0v) is 10.5. The number of benzene rings is 1. The standard InChI is InChI=1S/C13H16N2S/c1-3-11-12(10-8-6-5-7-9-10)16-13(15-11)14-4-2/h5-9H,3-4H2,1-2H3,(H,14,15). The normalized spacial score (nSPS) is 10.4. The summed E-state index contributed by atoms with van der Waals surface area (Å²) in [5, 5.41) is 4.31. The van der Waals surface area contributed by atoms with Gasteiger partial charge in [-0.15, -0.1) is 0 Å². The molecule has 2 aromatic rings. The summed E-state index contributed by atoms with van der Waals surface area (Å²) in [5.74, 6) is 0. The first-order chi connectivity index (χ1) is 7.85. The number of anilines is 1. The van der Waals surface area contributed by atoms with Crippen molar-refractivity contribution in [2.24, 2.45) is 0 Å². The number of hydrogen-bond donors (Lipinski definition) is 1. The van der Waals surface area contributed by atoms with Crippen LogP contribution in [0.25, 0.3) is 10.4 Å². The van der Waals surface area contributed by atoms with Crippen LogP contribution < -0.4 is 5.32 Å². The number of thiazole rings is 1. The fourth-order valence-corrected chi connectivity index (χ4v) is 2.76. The molecule has 2 rings (SSSR count). The molecule has 0 fully saturated rings. The highest BCUT2D eigenvalue weighted by molar-refractivity contribution is 7.19. The molecule has 1 heterocycles. The van der Waals surface area contributed by atoms with E-state index in [1.807, 2.05) is 6.07 Å². The minimum absolute atomic E-state index is 0.922. The number of hydrogen-bond acceptors (Lipinski definition) is 3. The third-order valence-electron chi connectivity index (χ3n) is 2.40. The third kappa shape index (κ3) is 2.25. The van der Waals surface area contributed by atoms with Gasteiger partial charge in [-0.1, -0.05) is 48.6 Å². The van der Waals surface area contributed by atoms with Crippen molar-refractivity contribution in [3.63, 3.8) is 0 Å². The van der Waals surface area contributed by atoms with Crippen molar-refractivity contribution in [2.45, 2.75) is 20.3 Å². The van der Waals surface area contributed by atoms with E-state index < -0.39 is 0 Å². The molecule has 0 saturated heterocycles. The zero-order chi connectivity index (χ0) is 11.4. The number of aromatic nitrogens is 1. The topological polar surface area (TPSA) is 24.9 Å². The van der Waals surface area contributed by atoms with Gasteiger partial charge in [-0.05, 0) is 18.9 Å². The molecule has 0 spiro atoms. The minimum atomic E-state index is 0.922. The van der Waals surface area contributed by atoms with Crippen molar-refractivity contribution in [1.82, 2.24) is 4.98 Å². The van der Waals surface area contributed by atoms with E-state index in [9.17, 15) is 0 Å². The molecule has 0 atom stereocenters. The predicted molar refractivity (Wildman–Crippen MR) is 71.1 cm³/mol. The van der Waals surface area contributed by atoms with Gasteiger partial charge in [0.1, 0.15) is 0 Å². The molecular formula is C13H16N2S. The molecule has 16 heavy (non-hydrogen) atoms. The molecular weight excluding hydrogens is 216 g/mol. The highest BCUT2D eigenvalue weighted by atomic mass is 32.1. The largest absolute Gasteiger partial charge is 0.362 e. The second-order valence-electron chi connectivity index (χ2n) is 3.54. The lowest BCUT2D eigenvalue weighted by Gasteiger charge is -1.98. The summed E-state index contributed by atoms with van der Waals surface area (Å²) < 4.78 is 0. The van der Waals surface area contributed by atoms with Crippen LogP contribution >= 0.6 is 11.3 Å². The molecule has 1 aromatic heterocycles. The van der Waals surface area contributed by atoms with Crippen molar-refractivity contribution >= 4 is 16.5 Å². The van der Waals surface area contributed by atoms with Gasteiger partial charge in [-0.2, -0.15) is 0 Å². The van der Waals surface area contributed by atoms with Gasteiger partial charge in [0.15, 0.2) is 5.13 Å². The van der Waals surface area contributed by atoms with Gasteiger partial charge in [-0.25, -0.2) is 4.98 Å². The van der Waals surface area contributed by atoms with Gasteiger partial charge in [-0.3, -0.25) is 0 Å². The zero-order valence-electron chi connectivity index (χ0n) is 9.66. The number of nitrogens with one attached hydrogen (secondary N) is 1. The second kappa shape index (κ2) is 5.12. The Morgan fingerprint density at radius 2 is 1.94 bits per heavy atom. The minimum Gasteiger partial charge on any atom is -0.362 e. The van der Waals surface area contributed by atoms with Gasteiger partial charge in [0.05, 0.1) is 10.6 Å². The molecule has 0 aliphatic heterocycles. The van der Waals surface area contributed by atoms with Crippen molar-refractivity contribution in [1.29, 1.82) is 0 Å². The molecule has 2 nitrogen and oxygen atoms in total. The Bertz CT molecular complexity index is 448. The number of nitrogens with zero attached hydrogens (tertiary/aromatic N) is 1. The Morgan fingerprint density at radius 1 is 1.19 bits per heavy atom. The molecule has 84 valence electrons. The van der Waals surface area contributed by atoms with Crippen molar-refractivity contribution in [3.05, 3.63) is 36.0 Å². The summed E-state index contributed by atoms with van der Waals surface area (Å²) >= 11 is 1.74. The van der Waals surface area contributed by atoms with Crippen LogP contribution in [0.3, 0.4) is 0 Å². The molecule has 3 heteroatoms. The Balaban J connectivity index is 2.39. The van der Waals surface area contributed by atoms with Crippen LogP contribution in [0.5, 0.6) is 0 Å². The van der Waals surface area contributed by atoms with Gasteiger partial charge in [0.25, 0.3) is 0 Å². The quantitative estimate of drug-likeness (QED) is 0.867. The first-order valence-corrected chi connectivity index (χ1v) is 6.45. The molecule has 0 radical (unpaired) electrons. The summed E-state index contributed by atoms with van der Waals surface area (Å²) in [4.78, 5) is 5.89. The first-order valence-electron chi connectivity index (χ1n) is 5.64. The number of aryl methyl sites for hydroxylation is 1. The van der Waals surface area contributed by atoms with Gasteiger partial charge in [0, 0.05) is 6.54 Å². The SMILES string of the molecule is CCNc1nc(CC)c(-c2ccccc2)s1. The van der Waals surface area contributed by atoms with Crippen molar-refractivity contribution in [2.75, 3.05) is 11.9 Å². The molecule has 0 unspecified atom stereocenters. The van der Waals surface area contributed by atoms with E-state index in [1.165, 1.54) is 16.1 Å². The Labute approximate surface area is 100 Å². The molecule has 1 aromatic carbocycles. The van der Waals surface area contributed by atoms with E-state index in [0.717, 1.165) is 18.1 Å². The van der Waals surface area contributed by atoms with Crippen LogP contribution in [-0.2, 0) is 6.42 Å². The average Bonchev–Trinajstić information content (AvgIpc) is 2.74. The maximum absolute atomic E-state index is 4.60. The maximum Gasteiger partial charge on any atom is 0.183 e. The van der Waals surface area contributed by atoms with Gasteiger partial charge in [0.2, 0.25) is 0 Å². The fraction of sp³-hybridized carbons (Fsp3) is 0.308. The summed E-state index contributed by atoms with van der Waals surface area (Å²) in [6, 6.07) is 10.5. The van der Waals surface area contributed by atoms with E-state index in [4.69, 9.17) is 0 Å². The summed E-state index contributed by atoms with van der Waals surface area (Å²) in [6.45, 7) is 5.16. The molecule has 0 aliphatic rings. The van der Waals surface area contributed by atoms with Crippen molar-refractivity contribution < 1.29 is 0 Å². The summed E-state index contributed by atoms with van der Waals surface area (Å²) in [6.07, 6.45) is 0.978. The van der Waals surface area contributed by atoms with Gasteiger partial charge < -0.3 is 5.32 Å². The van der Waals surface area contributed by atoms with Crippen LogP contribution in [0.1, 0.15) is 19.5 Å². The van der Waals surface area contributed by atoms with Crippen LogP contribution in [0, 0.1) is 0 Å². The lowest BCUT2D eigenvalue weighted by molar-refractivity contribution is 1.06. The van der Waals surface area contributed by atoms with E-state index in [2.05, 4.69) is 48.4 Å². The Hall–Kier alpha value is -1.35. The van der Waals surface area contributed by atoms with Gasteiger partial charge >= 0.3 is 0 Å². The highest BCUT2D eigenvalue weighted by Crippen LogP contribution is 2.33. The molecule has 0 amide bonds. The van der Waals surface area contributed by atoms with Crippen LogP contribution in [0.15, 0.2) is 30.3 Å². The lowest BCUT2D eigenvalue weighted by Crippen LogP contribution is -1.95. The molecule has 1 N–H and O–H groups in total. The Kier molecular flexibility index (Phi) is 3.57. The molecule has 0 saturated carbocycles. The van der Waals surface area contributed by atoms with Crippen LogP contribution in [0.2, 0.25) is 0 Å².